The highest BCUT2D eigenvalue weighted by molar-refractivity contribution is 7.21. The molecule has 1 aromatic carbocycles. The van der Waals surface area contributed by atoms with Crippen LogP contribution in [0.25, 0.3) is 20.7 Å². The van der Waals surface area contributed by atoms with Crippen LogP contribution in [0.3, 0.4) is 0 Å². The summed E-state index contributed by atoms with van der Waals surface area (Å²) >= 11 is 3.12. The zero-order chi connectivity index (χ0) is 20.8. The largest absolute Gasteiger partial charge is 0.397 e. The Hall–Kier alpha value is -2.70. The normalized spacial score (nSPS) is 13.4. The molecule has 30 heavy (non-hydrogen) atoms. The molecule has 1 aliphatic rings. The van der Waals surface area contributed by atoms with E-state index in [-0.39, 0.29) is 5.91 Å². The molecular formula is C24H23N3OS2. The number of rotatable bonds is 3. The topological polar surface area (TPSA) is 68.0 Å². The van der Waals surface area contributed by atoms with Gasteiger partial charge < -0.3 is 11.1 Å². The second-order valence-electron chi connectivity index (χ2n) is 7.87. The maximum Gasteiger partial charge on any atom is 0.267 e. The number of nitrogens with zero attached hydrogens (tertiary/aromatic N) is 1. The molecule has 0 spiro atoms. The zero-order valence-corrected chi connectivity index (χ0v) is 18.7. The first-order valence-electron chi connectivity index (χ1n) is 10.2. The van der Waals surface area contributed by atoms with Crippen LogP contribution in [0.2, 0.25) is 0 Å². The Morgan fingerprint density at radius 2 is 1.97 bits per heavy atom. The summed E-state index contributed by atoms with van der Waals surface area (Å²) in [7, 11) is 0. The molecule has 0 bridgehead atoms. The first kappa shape index (κ1) is 19.3. The third kappa shape index (κ3) is 3.20. The third-order valence-corrected chi connectivity index (χ3v) is 7.88. The summed E-state index contributed by atoms with van der Waals surface area (Å²) in [6, 6.07) is 10.1. The van der Waals surface area contributed by atoms with Crippen LogP contribution in [0.1, 0.15) is 44.9 Å². The van der Waals surface area contributed by atoms with Crippen molar-refractivity contribution in [2.24, 2.45) is 0 Å². The Morgan fingerprint density at radius 3 is 2.73 bits per heavy atom. The van der Waals surface area contributed by atoms with Crippen LogP contribution in [0.5, 0.6) is 0 Å². The molecule has 5 rings (SSSR count). The SMILES string of the molecule is Cc1ccc(NC(=O)c2sc3nc4c(c(-c5cccs5)c3c2N)CCCC4)cc1C. The summed E-state index contributed by atoms with van der Waals surface area (Å²) in [5.74, 6) is -0.172. The number of carbonyl (C=O) groups excluding carboxylic acids is 1. The fraction of sp³-hybridized carbons (Fsp3) is 0.250. The highest BCUT2D eigenvalue weighted by atomic mass is 32.1. The molecule has 1 amide bonds. The van der Waals surface area contributed by atoms with Gasteiger partial charge in [-0.15, -0.1) is 22.7 Å². The lowest BCUT2D eigenvalue weighted by Crippen LogP contribution is -2.12. The van der Waals surface area contributed by atoms with Gasteiger partial charge in [0.2, 0.25) is 0 Å². The van der Waals surface area contributed by atoms with Crippen molar-refractivity contribution in [2.45, 2.75) is 39.5 Å². The molecule has 0 radical (unpaired) electrons. The molecule has 0 fully saturated rings. The molecule has 0 saturated heterocycles. The predicted molar refractivity (Wildman–Crippen MR) is 128 cm³/mol. The lowest BCUT2D eigenvalue weighted by molar-refractivity contribution is 0.103. The van der Waals surface area contributed by atoms with Gasteiger partial charge in [-0.05, 0) is 79.8 Å². The van der Waals surface area contributed by atoms with E-state index in [1.807, 2.05) is 25.1 Å². The minimum absolute atomic E-state index is 0.172. The molecule has 152 valence electrons. The van der Waals surface area contributed by atoms with E-state index in [4.69, 9.17) is 10.7 Å². The molecule has 4 aromatic rings. The third-order valence-electron chi connectivity index (χ3n) is 5.89. The second-order valence-corrected chi connectivity index (χ2v) is 9.82. The number of pyridine rings is 1. The van der Waals surface area contributed by atoms with Crippen LogP contribution in [0, 0.1) is 13.8 Å². The molecule has 3 aromatic heterocycles. The summed E-state index contributed by atoms with van der Waals surface area (Å²) in [5.41, 5.74) is 13.9. The number of nitrogens with two attached hydrogens (primary N) is 1. The van der Waals surface area contributed by atoms with Crippen LogP contribution in [-0.2, 0) is 12.8 Å². The van der Waals surface area contributed by atoms with Gasteiger partial charge in [0.25, 0.3) is 5.91 Å². The Kier molecular flexibility index (Phi) is 4.83. The minimum Gasteiger partial charge on any atom is -0.397 e. The molecule has 3 heterocycles. The van der Waals surface area contributed by atoms with E-state index in [9.17, 15) is 4.79 Å². The smallest absolute Gasteiger partial charge is 0.267 e. The van der Waals surface area contributed by atoms with Gasteiger partial charge in [0.15, 0.2) is 0 Å². The number of thiophene rings is 2. The summed E-state index contributed by atoms with van der Waals surface area (Å²) in [6.45, 7) is 4.10. The monoisotopic (exact) mass is 433 g/mol. The average Bonchev–Trinajstić information content (AvgIpc) is 3.38. The number of carbonyl (C=O) groups is 1. The van der Waals surface area contributed by atoms with Crippen molar-refractivity contribution in [2.75, 3.05) is 11.1 Å². The number of amides is 1. The van der Waals surface area contributed by atoms with Gasteiger partial charge in [0.1, 0.15) is 9.71 Å². The van der Waals surface area contributed by atoms with Gasteiger partial charge in [-0.1, -0.05) is 12.1 Å². The molecule has 1 aliphatic carbocycles. The zero-order valence-electron chi connectivity index (χ0n) is 17.0. The van der Waals surface area contributed by atoms with E-state index >= 15 is 0 Å². The highest BCUT2D eigenvalue weighted by Crippen LogP contribution is 2.45. The van der Waals surface area contributed by atoms with Crippen molar-refractivity contribution in [3.8, 4) is 10.4 Å². The Balaban J connectivity index is 1.64. The molecular weight excluding hydrogens is 410 g/mol. The van der Waals surface area contributed by atoms with Crippen molar-refractivity contribution < 1.29 is 4.79 Å². The number of hydrogen-bond acceptors (Lipinski definition) is 5. The van der Waals surface area contributed by atoms with Gasteiger partial charge >= 0.3 is 0 Å². The van der Waals surface area contributed by atoms with Crippen LogP contribution in [0.4, 0.5) is 11.4 Å². The number of nitrogens with one attached hydrogen (secondary N) is 1. The van der Waals surface area contributed by atoms with Crippen molar-refractivity contribution in [3.05, 3.63) is 63.0 Å². The van der Waals surface area contributed by atoms with Crippen LogP contribution in [0.15, 0.2) is 35.7 Å². The van der Waals surface area contributed by atoms with E-state index in [1.54, 1.807) is 11.3 Å². The lowest BCUT2D eigenvalue weighted by atomic mass is 9.90. The molecule has 6 heteroatoms. The predicted octanol–water partition coefficient (Wildman–Crippen LogP) is 6.35. The van der Waals surface area contributed by atoms with Gasteiger partial charge in [0.05, 0.1) is 5.69 Å². The average molecular weight is 434 g/mol. The molecule has 0 saturated carbocycles. The first-order valence-corrected chi connectivity index (χ1v) is 11.9. The van der Waals surface area contributed by atoms with Crippen molar-refractivity contribution in [1.29, 1.82) is 0 Å². The molecule has 0 unspecified atom stereocenters. The maximum absolute atomic E-state index is 13.1. The van der Waals surface area contributed by atoms with Gasteiger partial charge in [0, 0.05) is 27.2 Å². The summed E-state index contributed by atoms with van der Waals surface area (Å²) in [4.78, 5) is 20.7. The quantitative estimate of drug-likeness (QED) is 0.395. The molecule has 0 aliphatic heterocycles. The van der Waals surface area contributed by atoms with E-state index in [0.717, 1.165) is 40.7 Å². The standard InChI is InChI=1S/C24H23N3OS2/c1-13-9-10-15(12-14(13)2)26-23(28)22-21(25)20-19(18-8-5-11-29-18)16-6-3-4-7-17(16)27-24(20)30-22/h5,8-12H,3-4,6-7,25H2,1-2H3,(H,26,28). The number of nitrogen functional groups attached to an aromatic ring is 1. The van der Waals surface area contributed by atoms with Crippen LogP contribution < -0.4 is 11.1 Å². The Labute approximate surface area is 183 Å². The number of fused-ring (bicyclic) bond motifs is 2. The van der Waals surface area contributed by atoms with Crippen LogP contribution in [-0.4, -0.2) is 10.9 Å². The van der Waals surface area contributed by atoms with Crippen molar-refractivity contribution >= 4 is 50.2 Å². The van der Waals surface area contributed by atoms with E-state index in [2.05, 4.69) is 29.8 Å². The highest BCUT2D eigenvalue weighted by Gasteiger charge is 2.26. The molecule has 0 atom stereocenters. The number of aromatic nitrogens is 1. The van der Waals surface area contributed by atoms with Gasteiger partial charge in [-0.2, -0.15) is 0 Å². The number of aryl methyl sites for hydroxylation is 3. The molecule has 3 N–H and O–H groups in total. The fourth-order valence-corrected chi connectivity index (χ4v) is 6.00. The maximum atomic E-state index is 13.1. The lowest BCUT2D eigenvalue weighted by Gasteiger charge is -2.19. The van der Waals surface area contributed by atoms with E-state index in [1.165, 1.54) is 45.0 Å². The van der Waals surface area contributed by atoms with Crippen molar-refractivity contribution in [1.82, 2.24) is 4.98 Å². The van der Waals surface area contributed by atoms with E-state index < -0.39 is 0 Å². The van der Waals surface area contributed by atoms with Crippen LogP contribution >= 0.6 is 22.7 Å². The Morgan fingerprint density at radius 1 is 1.13 bits per heavy atom. The van der Waals surface area contributed by atoms with Gasteiger partial charge in [-0.25, -0.2) is 4.98 Å². The summed E-state index contributed by atoms with van der Waals surface area (Å²) in [5, 5.41) is 6.05. The van der Waals surface area contributed by atoms with Crippen molar-refractivity contribution in [3.63, 3.8) is 0 Å². The fourth-order valence-electron chi connectivity index (χ4n) is 4.18. The first-order chi connectivity index (χ1) is 14.5. The van der Waals surface area contributed by atoms with Gasteiger partial charge in [-0.3, -0.25) is 4.79 Å². The Bertz CT molecular complexity index is 1270. The second kappa shape index (κ2) is 7.52. The number of hydrogen-bond donors (Lipinski definition) is 2. The number of anilines is 2. The van der Waals surface area contributed by atoms with E-state index in [0.29, 0.717) is 10.6 Å². The minimum atomic E-state index is -0.172. The summed E-state index contributed by atoms with van der Waals surface area (Å²) < 4.78 is 0. The molecule has 4 nitrogen and oxygen atoms in total. The number of benzene rings is 1. The summed E-state index contributed by atoms with van der Waals surface area (Å²) in [6.07, 6.45) is 4.34.